The average Bonchev–Trinajstić information content (AvgIpc) is 3.70. The van der Waals surface area contributed by atoms with E-state index in [1.807, 2.05) is 53.7 Å². The standard InChI is InChI=1S/C33H38N6O2/c40-32(21-26-24-36-30-10-3-1-8-28(26)30)39-18-16-38(17-19-39)31-11-4-2-9-29(31)25-20-27(23-34-22-25)33(41)35-12-7-15-37-13-5-6-14-37/h1-4,8-11,20,22-24,36H,5-7,12-19,21H2,(H,35,41). The number of fused-ring (bicyclic) bond motifs is 1. The minimum Gasteiger partial charge on any atom is -0.367 e. The number of hydrogen-bond acceptors (Lipinski definition) is 5. The van der Waals surface area contributed by atoms with E-state index in [1.165, 1.54) is 25.9 Å². The highest BCUT2D eigenvalue weighted by Crippen LogP contribution is 2.31. The Morgan fingerprint density at radius 1 is 0.902 bits per heavy atom. The van der Waals surface area contributed by atoms with Gasteiger partial charge in [0.15, 0.2) is 0 Å². The molecule has 41 heavy (non-hydrogen) atoms. The van der Waals surface area contributed by atoms with E-state index in [9.17, 15) is 9.59 Å². The summed E-state index contributed by atoms with van der Waals surface area (Å²) in [5.74, 6) is 0.0756. The van der Waals surface area contributed by atoms with Crippen LogP contribution in [0.4, 0.5) is 5.69 Å². The smallest absolute Gasteiger partial charge is 0.252 e. The zero-order valence-corrected chi connectivity index (χ0v) is 23.5. The van der Waals surface area contributed by atoms with Crippen LogP contribution in [-0.4, -0.2) is 83.9 Å². The maximum Gasteiger partial charge on any atom is 0.252 e. The van der Waals surface area contributed by atoms with Crippen molar-refractivity contribution < 1.29 is 9.59 Å². The fraction of sp³-hybridized carbons (Fsp3) is 0.364. The number of aromatic nitrogens is 2. The molecule has 2 saturated heterocycles. The Bertz CT molecular complexity index is 1500. The van der Waals surface area contributed by atoms with E-state index in [2.05, 4.69) is 43.3 Å². The van der Waals surface area contributed by atoms with Gasteiger partial charge < -0.3 is 25.0 Å². The molecule has 4 aromatic rings. The first-order chi connectivity index (χ1) is 20.2. The minimum atomic E-state index is -0.0828. The number of nitrogens with zero attached hydrogens (tertiary/aromatic N) is 4. The van der Waals surface area contributed by atoms with Crippen LogP contribution < -0.4 is 10.2 Å². The van der Waals surface area contributed by atoms with Crippen molar-refractivity contribution in [3.63, 3.8) is 0 Å². The lowest BCUT2D eigenvalue weighted by Gasteiger charge is -2.37. The van der Waals surface area contributed by atoms with Crippen LogP contribution in [0.15, 0.2) is 73.2 Å². The molecule has 0 unspecified atom stereocenters. The predicted octanol–water partition coefficient (Wildman–Crippen LogP) is 4.34. The number of H-pyrrole nitrogens is 1. The molecular weight excluding hydrogens is 512 g/mol. The van der Waals surface area contributed by atoms with Gasteiger partial charge in [-0.25, -0.2) is 0 Å². The van der Waals surface area contributed by atoms with Crippen LogP contribution in [0.5, 0.6) is 0 Å². The molecule has 0 spiro atoms. The van der Waals surface area contributed by atoms with Crippen LogP contribution >= 0.6 is 0 Å². The Morgan fingerprint density at radius 3 is 2.54 bits per heavy atom. The van der Waals surface area contributed by atoms with E-state index < -0.39 is 0 Å². The predicted molar refractivity (Wildman–Crippen MR) is 163 cm³/mol. The number of carbonyl (C=O) groups is 2. The molecule has 0 bridgehead atoms. The van der Waals surface area contributed by atoms with Crippen LogP contribution in [0, 0.1) is 0 Å². The van der Waals surface area contributed by atoms with Gasteiger partial charge >= 0.3 is 0 Å². The number of nitrogens with one attached hydrogen (secondary N) is 2. The summed E-state index contributed by atoms with van der Waals surface area (Å²) < 4.78 is 0. The monoisotopic (exact) mass is 550 g/mol. The van der Waals surface area contributed by atoms with Gasteiger partial charge in [-0.1, -0.05) is 36.4 Å². The van der Waals surface area contributed by atoms with E-state index in [0.29, 0.717) is 31.6 Å². The Balaban J connectivity index is 1.07. The molecule has 8 nitrogen and oxygen atoms in total. The van der Waals surface area contributed by atoms with Crippen molar-refractivity contribution in [2.75, 3.05) is 57.3 Å². The number of benzene rings is 2. The lowest BCUT2D eigenvalue weighted by molar-refractivity contribution is -0.130. The third-order valence-electron chi connectivity index (χ3n) is 8.34. The van der Waals surface area contributed by atoms with Gasteiger partial charge in [0.1, 0.15) is 0 Å². The Hall–Kier alpha value is -4.17. The molecule has 2 N–H and O–H groups in total. The average molecular weight is 551 g/mol. The molecule has 8 heteroatoms. The van der Waals surface area contributed by atoms with Crippen LogP contribution in [0.2, 0.25) is 0 Å². The van der Waals surface area contributed by atoms with Gasteiger partial charge in [-0.05, 0) is 62.7 Å². The Morgan fingerprint density at radius 2 is 1.68 bits per heavy atom. The second-order valence-electron chi connectivity index (χ2n) is 11.0. The largest absolute Gasteiger partial charge is 0.367 e. The number of anilines is 1. The summed E-state index contributed by atoms with van der Waals surface area (Å²) >= 11 is 0. The number of likely N-dealkylation sites (tertiary alicyclic amines) is 1. The van der Waals surface area contributed by atoms with E-state index in [0.717, 1.165) is 59.3 Å². The Labute approximate surface area is 241 Å². The molecule has 0 atom stereocenters. The summed E-state index contributed by atoms with van der Waals surface area (Å²) in [6.45, 7) is 6.91. The number of para-hydroxylation sites is 2. The van der Waals surface area contributed by atoms with Gasteiger partial charge in [-0.2, -0.15) is 0 Å². The zero-order valence-electron chi connectivity index (χ0n) is 23.5. The number of amides is 2. The first-order valence-corrected chi connectivity index (χ1v) is 14.8. The van der Waals surface area contributed by atoms with Crippen molar-refractivity contribution in [2.45, 2.75) is 25.7 Å². The SMILES string of the molecule is O=C(NCCCN1CCCC1)c1cncc(-c2ccccc2N2CCN(C(=O)Cc3c[nH]c4ccccc34)CC2)c1. The summed E-state index contributed by atoms with van der Waals surface area (Å²) in [6, 6.07) is 18.3. The lowest BCUT2D eigenvalue weighted by Crippen LogP contribution is -2.49. The first-order valence-electron chi connectivity index (χ1n) is 14.8. The highest BCUT2D eigenvalue weighted by Gasteiger charge is 2.24. The summed E-state index contributed by atoms with van der Waals surface area (Å²) in [4.78, 5) is 40.5. The van der Waals surface area contributed by atoms with Crippen LogP contribution in [0.3, 0.4) is 0 Å². The Kier molecular flexibility index (Phi) is 8.28. The maximum absolute atomic E-state index is 13.1. The van der Waals surface area contributed by atoms with E-state index in [-0.39, 0.29) is 11.8 Å². The molecule has 0 radical (unpaired) electrons. The van der Waals surface area contributed by atoms with Crippen LogP contribution in [0.25, 0.3) is 22.0 Å². The number of carbonyl (C=O) groups excluding carboxylic acids is 2. The maximum atomic E-state index is 13.1. The molecule has 2 aromatic heterocycles. The lowest BCUT2D eigenvalue weighted by atomic mass is 10.0. The molecule has 0 saturated carbocycles. The number of pyridine rings is 1. The minimum absolute atomic E-state index is 0.0828. The molecular formula is C33H38N6O2. The molecule has 212 valence electrons. The fourth-order valence-electron chi connectivity index (χ4n) is 6.07. The van der Waals surface area contributed by atoms with Gasteiger partial charge in [0.25, 0.3) is 5.91 Å². The fourth-order valence-corrected chi connectivity index (χ4v) is 6.07. The molecule has 2 fully saturated rings. The second kappa shape index (κ2) is 12.6. The highest BCUT2D eigenvalue weighted by molar-refractivity contribution is 5.95. The zero-order chi connectivity index (χ0) is 28.0. The molecule has 0 aliphatic carbocycles. The number of rotatable bonds is 9. The first kappa shape index (κ1) is 27.0. The van der Waals surface area contributed by atoms with E-state index >= 15 is 0 Å². The van der Waals surface area contributed by atoms with Gasteiger partial charge in [0.2, 0.25) is 5.91 Å². The van der Waals surface area contributed by atoms with Crippen molar-refractivity contribution >= 4 is 28.4 Å². The summed E-state index contributed by atoms with van der Waals surface area (Å²) in [6.07, 6.45) is 9.34. The van der Waals surface area contributed by atoms with Gasteiger partial charge in [0, 0.05) is 79.0 Å². The van der Waals surface area contributed by atoms with Crippen molar-refractivity contribution in [3.05, 3.63) is 84.3 Å². The van der Waals surface area contributed by atoms with Crippen LogP contribution in [-0.2, 0) is 11.2 Å². The summed E-state index contributed by atoms with van der Waals surface area (Å²) in [5.41, 5.74) is 5.74. The molecule has 2 amide bonds. The van der Waals surface area contributed by atoms with Gasteiger partial charge in [0.05, 0.1) is 12.0 Å². The van der Waals surface area contributed by atoms with Crippen molar-refractivity contribution in [2.24, 2.45) is 0 Å². The summed E-state index contributed by atoms with van der Waals surface area (Å²) in [7, 11) is 0. The van der Waals surface area contributed by atoms with Crippen molar-refractivity contribution in [3.8, 4) is 11.1 Å². The van der Waals surface area contributed by atoms with E-state index in [4.69, 9.17) is 0 Å². The number of hydrogen-bond donors (Lipinski definition) is 2. The van der Waals surface area contributed by atoms with E-state index in [1.54, 1.807) is 6.20 Å². The second-order valence-corrected chi connectivity index (χ2v) is 11.0. The highest BCUT2D eigenvalue weighted by atomic mass is 16.2. The normalized spacial score (nSPS) is 15.9. The molecule has 6 rings (SSSR count). The van der Waals surface area contributed by atoms with Crippen molar-refractivity contribution in [1.82, 2.24) is 25.1 Å². The van der Waals surface area contributed by atoms with Crippen molar-refractivity contribution in [1.29, 1.82) is 0 Å². The quantitative estimate of drug-likeness (QED) is 0.303. The van der Waals surface area contributed by atoms with Gasteiger partial charge in [-0.15, -0.1) is 0 Å². The molecule has 2 aliphatic rings. The molecule has 4 heterocycles. The third kappa shape index (κ3) is 6.28. The van der Waals surface area contributed by atoms with Crippen LogP contribution in [0.1, 0.15) is 35.2 Å². The molecule has 2 aliphatic heterocycles. The number of aromatic amines is 1. The van der Waals surface area contributed by atoms with Gasteiger partial charge in [-0.3, -0.25) is 14.6 Å². The molecule has 2 aromatic carbocycles. The number of piperazine rings is 1. The third-order valence-corrected chi connectivity index (χ3v) is 8.34. The summed E-state index contributed by atoms with van der Waals surface area (Å²) in [5, 5.41) is 4.18. The topological polar surface area (TPSA) is 84.6 Å².